The Balaban J connectivity index is 1.56. The monoisotopic (exact) mass is 409 g/mol. The average molecular weight is 410 g/mol. The van der Waals surface area contributed by atoms with Gasteiger partial charge in [0.1, 0.15) is 0 Å². The van der Waals surface area contributed by atoms with Gasteiger partial charge in [-0.05, 0) is 30.0 Å². The van der Waals surface area contributed by atoms with Gasteiger partial charge in [0.25, 0.3) is 0 Å². The van der Waals surface area contributed by atoms with Gasteiger partial charge in [0.05, 0.1) is 24.7 Å². The smallest absolute Gasteiger partial charge is 0.243 e. The van der Waals surface area contributed by atoms with Crippen LogP contribution in [-0.2, 0) is 19.6 Å². The molecule has 2 aliphatic rings. The Labute approximate surface area is 168 Å². The van der Waals surface area contributed by atoms with Gasteiger partial charge in [0.15, 0.2) is 0 Å². The van der Waals surface area contributed by atoms with Crippen LogP contribution in [0, 0.1) is 0 Å². The maximum atomic E-state index is 12.9. The lowest BCUT2D eigenvalue weighted by Gasteiger charge is -2.35. The first-order chi connectivity index (χ1) is 13.4. The first-order valence-corrected chi connectivity index (χ1v) is 11.5. The van der Waals surface area contributed by atoms with Crippen LogP contribution in [-0.4, -0.2) is 87.5 Å². The third-order valence-corrected chi connectivity index (χ3v) is 7.67. The highest BCUT2D eigenvalue weighted by Gasteiger charge is 2.30. The first-order valence-electron chi connectivity index (χ1n) is 10.1. The largest absolute Gasteiger partial charge is 0.379 e. The van der Waals surface area contributed by atoms with Crippen LogP contribution >= 0.6 is 0 Å². The molecule has 7 nitrogen and oxygen atoms in total. The Morgan fingerprint density at radius 1 is 1.04 bits per heavy atom. The first kappa shape index (κ1) is 21.2. The molecule has 8 heteroatoms. The Morgan fingerprint density at radius 3 is 2.21 bits per heavy atom. The van der Waals surface area contributed by atoms with Crippen molar-refractivity contribution < 1.29 is 17.9 Å². The normalized spacial score (nSPS) is 20.9. The van der Waals surface area contributed by atoms with Crippen LogP contribution in [0.3, 0.4) is 0 Å². The van der Waals surface area contributed by atoms with E-state index < -0.39 is 10.0 Å². The van der Waals surface area contributed by atoms with Crippen molar-refractivity contribution in [3.63, 3.8) is 0 Å². The molecule has 28 heavy (non-hydrogen) atoms. The van der Waals surface area contributed by atoms with Crippen LogP contribution in [0.5, 0.6) is 0 Å². The van der Waals surface area contributed by atoms with Crippen molar-refractivity contribution >= 4 is 15.9 Å². The summed E-state index contributed by atoms with van der Waals surface area (Å²) in [5.41, 5.74) is 1.15. The zero-order chi connectivity index (χ0) is 20.1. The number of hydrogen-bond donors (Lipinski definition) is 0. The molecule has 1 aromatic carbocycles. The van der Waals surface area contributed by atoms with Gasteiger partial charge in [-0.3, -0.25) is 9.69 Å². The minimum Gasteiger partial charge on any atom is -0.379 e. The van der Waals surface area contributed by atoms with Gasteiger partial charge >= 0.3 is 0 Å². The SMILES string of the molecule is CC[C@H](C)c1ccc(S(=O)(=O)N2CCN(C(=O)CN3CCOCC3)CC2)cc1. The number of piperazine rings is 1. The minimum atomic E-state index is -3.52. The quantitative estimate of drug-likeness (QED) is 0.710. The summed E-state index contributed by atoms with van der Waals surface area (Å²) in [5, 5.41) is 0. The molecule has 1 aromatic rings. The molecular formula is C20H31N3O4S. The molecule has 156 valence electrons. The van der Waals surface area contributed by atoms with Gasteiger partial charge in [-0.15, -0.1) is 0 Å². The maximum absolute atomic E-state index is 12.9. The summed E-state index contributed by atoms with van der Waals surface area (Å²) in [5.74, 6) is 0.481. The van der Waals surface area contributed by atoms with E-state index in [0.29, 0.717) is 56.8 Å². The van der Waals surface area contributed by atoms with Gasteiger partial charge in [-0.25, -0.2) is 8.42 Å². The number of sulfonamides is 1. The van der Waals surface area contributed by atoms with Gasteiger partial charge < -0.3 is 9.64 Å². The second-order valence-electron chi connectivity index (χ2n) is 7.55. The summed E-state index contributed by atoms with van der Waals surface area (Å²) in [4.78, 5) is 16.7. The number of hydrogen-bond acceptors (Lipinski definition) is 5. The van der Waals surface area contributed by atoms with Crippen LogP contribution in [0.1, 0.15) is 31.7 Å². The Hall–Kier alpha value is -1.48. The summed E-state index contributed by atoms with van der Waals surface area (Å²) >= 11 is 0. The Bertz CT molecular complexity index is 752. The predicted molar refractivity (Wildman–Crippen MR) is 108 cm³/mol. The van der Waals surface area contributed by atoms with Crippen molar-refractivity contribution in [1.82, 2.24) is 14.1 Å². The summed E-state index contributed by atoms with van der Waals surface area (Å²) in [7, 11) is -3.52. The summed E-state index contributed by atoms with van der Waals surface area (Å²) in [6.07, 6.45) is 1.02. The molecule has 1 atom stereocenters. The van der Waals surface area contributed by atoms with Crippen molar-refractivity contribution in [1.29, 1.82) is 0 Å². The van der Waals surface area contributed by atoms with E-state index in [1.165, 1.54) is 4.31 Å². The lowest BCUT2D eigenvalue weighted by molar-refractivity contribution is -0.134. The summed E-state index contributed by atoms with van der Waals surface area (Å²) in [6, 6.07) is 7.21. The zero-order valence-electron chi connectivity index (χ0n) is 16.8. The molecule has 2 heterocycles. The van der Waals surface area contributed by atoms with E-state index in [1.54, 1.807) is 17.0 Å². The molecular weight excluding hydrogens is 378 g/mol. The molecule has 0 aliphatic carbocycles. The highest BCUT2D eigenvalue weighted by Crippen LogP contribution is 2.23. The van der Waals surface area contributed by atoms with E-state index in [-0.39, 0.29) is 5.91 Å². The van der Waals surface area contributed by atoms with Gasteiger partial charge in [0.2, 0.25) is 15.9 Å². The van der Waals surface area contributed by atoms with Crippen LogP contribution < -0.4 is 0 Å². The minimum absolute atomic E-state index is 0.0665. The number of ether oxygens (including phenoxy) is 1. The van der Waals surface area contributed by atoms with Gasteiger partial charge in [-0.2, -0.15) is 4.31 Å². The van der Waals surface area contributed by atoms with E-state index >= 15 is 0 Å². The third kappa shape index (κ3) is 4.92. The second kappa shape index (κ2) is 9.35. The van der Waals surface area contributed by atoms with Crippen molar-refractivity contribution in [3.05, 3.63) is 29.8 Å². The number of morpholine rings is 1. The Morgan fingerprint density at radius 2 is 1.64 bits per heavy atom. The fourth-order valence-electron chi connectivity index (χ4n) is 3.58. The molecule has 0 saturated carbocycles. The van der Waals surface area contributed by atoms with E-state index in [1.807, 2.05) is 12.1 Å². The van der Waals surface area contributed by atoms with E-state index in [4.69, 9.17) is 4.74 Å². The topological polar surface area (TPSA) is 70.2 Å². The van der Waals surface area contributed by atoms with E-state index in [9.17, 15) is 13.2 Å². The summed E-state index contributed by atoms with van der Waals surface area (Å²) < 4.78 is 32.7. The third-order valence-electron chi connectivity index (χ3n) is 5.75. The number of carbonyl (C=O) groups is 1. The molecule has 0 spiro atoms. The van der Waals surface area contributed by atoms with Gasteiger partial charge in [-0.1, -0.05) is 26.0 Å². The highest BCUT2D eigenvalue weighted by atomic mass is 32.2. The predicted octanol–water partition coefficient (Wildman–Crippen LogP) is 1.37. The molecule has 2 aliphatic heterocycles. The molecule has 3 rings (SSSR count). The standard InChI is InChI=1S/C20H31N3O4S/c1-3-17(2)18-4-6-19(7-5-18)28(25,26)23-10-8-22(9-11-23)20(24)16-21-12-14-27-15-13-21/h4-7,17H,3,8-16H2,1-2H3/t17-/m0/s1. The van der Waals surface area contributed by atoms with Crippen LogP contribution in [0.2, 0.25) is 0 Å². The maximum Gasteiger partial charge on any atom is 0.243 e. The molecule has 0 aromatic heterocycles. The summed E-state index contributed by atoms with van der Waals surface area (Å²) in [6.45, 7) is 9.05. The van der Waals surface area contributed by atoms with Crippen molar-refractivity contribution in [2.45, 2.75) is 31.1 Å². The molecule has 2 saturated heterocycles. The zero-order valence-corrected chi connectivity index (χ0v) is 17.7. The van der Waals surface area contributed by atoms with E-state index in [2.05, 4.69) is 18.7 Å². The van der Waals surface area contributed by atoms with Crippen molar-refractivity contribution in [2.24, 2.45) is 0 Å². The van der Waals surface area contributed by atoms with Crippen LogP contribution in [0.15, 0.2) is 29.2 Å². The lowest BCUT2D eigenvalue weighted by Crippen LogP contribution is -2.53. The number of amides is 1. The average Bonchev–Trinajstić information content (AvgIpc) is 2.74. The highest BCUT2D eigenvalue weighted by molar-refractivity contribution is 7.89. The second-order valence-corrected chi connectivity index (χ2v) is 9.49. The number of rotatable bonds is 6. The number of benzene rings is 1. The molecule has 0 radical (unpaired) electrons. The van der Waals surface area contributed by atoms with Crippen LogP contribution in [0.25, 0.3) is 0 Å². The van der Waals surface area contributed by atoms with E-state index in [0.717, 1.165) is 25.1 Å². The molecule has 0 N–H and O–H groups in total. The lowest BCUT2D eigenvalue weighted by atomic mass is 9.99. The fourth-order valence-corrected chi connectivity index (χ4v) is 5.00. The fraction of sp³-hybridized carbons (Fsp3) is 0.650. The number of nitrogens with zero attached hydrogens (tertiary/aromatic N) is 3. The number of carbonyl (C=O) groups excluding carboxylic acids is 1. The Kier molecular flexibility index (Phi) is 7.09. The molecule has 2 fully saturated rings. The van der Waals surface area contributed by atoms with Crippen molar-refractivity contribution in [2.75, 3.05) is 59.0 Å². The molecule has 0 unspecified atom stereocenters. The van der Waals surface area contributed by atoms with Crippen molar-refractivity contribution in [3.8, 4) is 0 Å². The molecule has 1 amide bonds. The van der Waals surface area contributed by atoms with Crippen LogP contribution in [0.4, 0.5) is 0 Å². The van der Waals surface area contributed by atoms with Gasteiger partial charge in [0, 0.05) is 39.3 Å². The molecule has 0 bridgehead atoms.